The van der Waals surface area contributed by atoms with Gasteiger partial charge in [0.1, 0.15) is 17.7 Å². The van der Waals surface area contributed by atoms with Gasteiger partial charge in [-0.15, -0.1) is 0 Å². The van der Waals surface area contributed by atoms with Crippen molar-refractivity contribution in [2.24, 2.45) is 5.92 Å². The molecule has 1 amide bonds. The Morgan fingerprint density at radius 3 is 2.34 bits per heavy atom. The summed E-state index contributed by atoms with van der Waals surface area (Å²) in [7, 11) is 0. The molecule has 0 saturated heterocycles. The van der Waals surface area contributed by atoms with E-state index in [0.717, 1.165) is 16.5 Å². The molecule has 0 unspecified atom stereocenters. The van der Waals surface area contributed by atoms with Crippen molar-refractivity contribution in [2.45, 2.75) is 38.8 Å². The van der Waals surface area contributed by atoms with E-state index in [1.807, 2.05) is 50.2 Å². The molecule has 0 aliphatic carbocycles. The van der Waals surface area contributed by atoms with Gasteiger partial charge in [-0.25, -0.2) is 9.07 Å². The molecule has 0 aliphatic heterocycles. The van der Waals surface area contributed by atoms with Crippen LogP contribution in [0, 0.1) is 11.7 Å². The summed E-state index contributed by atoms with van der Waals surface area (Å²) >= 11 is 0. The highest BCUT2D eigenvalue weighted by Crippen LogP contribution is 2.31. The zero-order valence-corrected chi connectivity index (χ0v) is 19.6. The minimum absolute atomic E-state index is 0.198. The number of hydrogen-bond donors (Lipinski definition) is 1. The maximum atomic E-state index is 13.7. The quantitative estimate of drug-likeness (QED) is 0.332. The topological polar surface area (TPSA) is 56.1 Å². The van der Waals surface area contributed by atoms with Crippen LogP contribution < -0.4 is 10.1 Å². The van der Waals surface area contributed by atoms with Crippen LogP contribution in [0.15, 0.2) is 79.0 Å². The van der Waals surface area contributed by atoms with Crippen LogP contribution in [0.25, 0.3) is 16.6 Å². The Morgan fingerprint density at radius 1 is 1.03 bits per heavy atom. The molecule has 1 N–H and O–H groups in total. The maximum Gasteiger partial charge on any atom is 0.321 e. The van der Waals surface area contributed by atoms with Crippen molar-refractivity contribution in [1.29, 1.82) is 0 Å². The molecule has 0 bridgehead atoms. The summed E-state index contributed by atoms with van der Waals surface area (Å²) in [6.45, 7) is 4.26. The largest absolute Gasteiger partial charge is 0.484 e. The number of nitrogens with zero attached hydrogens (tertiary/aromatic N) is 2. The summed E-state index contributed by atoms with van der Waals surface area (Å²) in [6.07, 6.45) is 0.953. The molecule has 4 rings (SSSR count). The number of fused-ring (bicyclic) bond motifs is 1. The SMILES string of the molecule is CC(C)[C@H](NC(=O)C(C)(F)F)[C@H](Oc1ccc2c(cnn2-c2ccc(F)cc2)c1)c1ccccc1. The van der Waals surface area contributed by atoms with Gasteiger partial charge >= 0.3 is 5.92 Å². The zero-order valence-electron chi connectivity index (χ0n) is 19.6. The van der Waals surface area contributed by atoms with Gasteiger partial charge in [0.2, 0.25) is 0 Å². The lowest BCUT2D eigenvalue weighted by Crippen LogP contribution is -2.49. The van der Waals surface area contributed by atoms with Crippen LogP contribution in [0.5, 0.6) is 5.75 Å². The van der Waals surface area contributed by atoms with Gasteiger partial charge in [0.25, 0.3) is 5.91 Å². The molecule has 0 spiro atoms. The highest BCUT2D eigenvalue weighted by Gasteiger charge is 2.37. The third-order valence-corrected chi connectivity index (χ3v) is 5.74. The molecule has 5 nitrogen and oxygen atoms in total. The molecule has 0 fully saturated rings. The van der Waals surface area contributed by atoms with Gasteiger partial charge in [0.05, 0.1) is 23.4 Å². The molecule has 182 valence electrons. The first-order chi connectivity index (χ1) is 16.6. The standard InChI is InChI=1S/C27H26F3N3O2/c1-17(2)24(32-26(34)27(3,29)30)25(18-7-5-4-6-8-18)35-22-13-14-23-19(15-22)16-31-33(23)21-11-9-20(28)10-12-21/h4-17,24-25H,1-3H3,(H,32,34)/t24-,25+/m0/s1. The van der Waals surface area contributed by atoms with Gasteiger partial charge in [0, 0.05) is 12.3 Å². The highest BCUT2D eigenvalue weighted by molar-refractivity contribution is 5.83. The molecule has 0 saturated carbocycles. The lowest BCUT2D eigenvalue weighted by molar-refractivity contribution is -0.145. The van der Waals surface area contributed by atoms with Crippen molar-refractivity contribution >= 4 is 16.8 Å². The van der Waals surface area contributed by atoms with Gasteiger partial charge in [-0.05, 0) is 53.9 Å². The van der Waals surface area contributed by atoms with Crippen LogP contribution in [0.4, 0.5) is 13.2 Å². The van der Waals surface area contributed by atoms with E-state index >= 15 is 0 Å². The maximum absolute atomic E-state index is 13.7. The Morgan fingerprint density at radius 2 is 1.71 bits per heavy atom. The molecule has 35 heavy (non-hydrogen) atoms. The summed E-state index contributed by atoms with van der Waals surface area (Å²) in [5.74, 6) is -4.90. The number of nitrogens with one attached hydrogen (secondary N) is 1. The summed E-state index contributed by atoms with van der Waals surface area (Å²) in [5.41, 5.74) is 2.24. The fourth-order valence-electron chi connectivity index (χ4n) is 3.88. The molecule has 3 aromatic carbocycles. The minimum Gasteiger partial charge on any atom is -0.484 e. The number of aromatic nitrogens is 2. The van der Waals surface area contributed by atoms with E-state index < -0.39 is 24.0 Å². The van der Waals surface area contributed by atoms with Crippen LogP contribution in [0.3, 0.4) is 0 Å². The van der Waals surface area contributed by atoms with E-state index in [2.05, 4.69) is 10.4 Å². The van der Waals surface area contributed by atoms with E-state index in [-0.39, 0.29) is 11.7 Å². The Labute approximate surface area is 201 Å². The smallest absolute Gasteiger partial charge is 0.321 e. The van der Waals surface area contributed by atoms with Gasteiger partial charge in [0.15, 0.2) is 0 Å². The van der Waals surface area contributed by atoms with Gasteiger partial charge in [-0.2, -0.15) is 13.9 Å². The highest BCUT2D eigenvalue weighted by atomic mass is 19.3. The van der Waals surface area contributed by atoms with Gasteiger partial charge < -0.3 is 10.1 Å². The first-order valence-electron chi connectivity index (χ1n) is 11.3. The second kappa shape index (κ2) is 9.82. The second-order valence-corrected chi connectivity index (χ2v) is 8.83. The Bertz CT molecular complexity index is 1300. The van der Waals surface area contributed by atoms with Crippen LogP contribution >= 0.6 is 0 Å². The molecule has 4 aromatic rings. The van der Waals surface area contributed by atoms with Crippen LogP contribution in [0.2, 0.25) is 0 Å². The Balaban J connectivity index is 1.68. The van der Waals surface area contributed by atoms with Crippen molar-refractivity contribution in [2.75, 3.05) is 0 Å². The first-order valence-corrected chi connectivity index (χ1v) is 11.3. The number of rotatable bonds is 8. The number of carbonyl (C=O) groups excluding carboxylic acids is 1. The molecule has 1 aromatic heterocycles. The van der Waals surface area contributed by atoms with E-state index in [1.165, 1.54) is 12.1 Å². The van der Waals surface area contributed by atoms with E-state index in [4.69, 9.17) is 4.74 Å². The molecular weight excluding hydrogens is 455 g/mol. The van der Waals surface area contributed by atoms with Crippen molar-refractivity contribution in [1.82, 2.24) is 15.1 Å². The average molecular weight is 482 g/mol. The number of alkyl halides is 2. The first kappa shape index (κ1) is 24.3. The van der Waals surface area contributed by atoms with Crippen molar-refractivity contribution in [3.8, 4) is 11.4 Å². The molecule has 1 heterocycles. The van der Waals surface area contributed by atoms with Crippen LogP contribution in [-0.2, 0) is 4.79 Å². The third-order valence-electron chi connectivity index (χ3n) is 5.74. The second-order valence-electron chi connectivity index (χ2n) is 8.83. The van der Waals surface area contributed by atoms with Crippen LogP contribution in [0.1, 0.15) is 32.4 Å². The minimum atomic E-state index is -3.51. The van der Waals surface area contributed by atoms with E-state index in [0.29, 0.717) is 18.4 Å². The number of halogens is 3. The fourth-order valence-corrected chi connectivity index (χ4v) is 3.88. The summed E-state index contributed by atoms with van der Waals surface area (Å²) in [5, 5.41) is 7.66. The van der Waals surface area contributed by atoms with Gasteiger partial charge in [-0.3, -0.25) is 4.79 Å². The van der Waals surface area contributed by atoms with Crippen LogP contribution in [-0.4, -0.2) is 27.7 Å². The monoisotopic (exact) mass is 481 g/mol. The number of ether oxygens (including phenoxy) is 1. The molecule has 2 atom stereocenters. The van der Waals surface area contributed by atoms with E-state index in [1.54, 1.807) is 35.1 Å². The number of amides is 1. The number of hydrogen-bond acceptors (Lipinski definition) is 3. The Kier molecular flexibility index (Phi) is 6.82. The lowest BCUT2D eigenvalue weighted by atomic mass is 9.92. The number of benzene rings is 3. The van der Waals surface area contributed by atoms with E-state index in [9.17, 15) is 18.0 Å². The Hall–Kier alpha value is -3.81. The van der Waals surface area contributed by atoms with Gasteiger partial charge in [-0.1, -0.05) is 44.2 Å². The number of carbonyl (C=O) groups is 1. The zero-order chi connectivity index (χ0) is 25.2. The molecular formula is C27H26F3N3O2. The average Bonchev–Trinajstić information content (AvgIpc) is 3.24. The fraction of sp³-hybridized carbons (Fsp3) is 0.259. The summed E-state index contributed by atoms with van der Waals surface area (Å²) in [4.78, 5) is 12.1. The third kappa shape index (κ3) is 5.48. The molecule has 8 heteroatoms. The predicted molar refractivity (Wildman–Crippen MR) is 128 cm³/mol. The van der Waals surface area contributed by atoms with Crippen molar-refractivity contribution in [3.63, 3.8) is 0 Å². The summed E-state index contributed by atoms with van der Waals surface area (Å²) in [6, 6.07) is 19.8. The van der Waals surface area contributed by atoms with Crippen molar-refractivity contribution < 1.29 is 22.7 Å². The normalized spacial score (nSPS) is 13.6. The lowest BCUT2D eigenvalue weighted by Gasteiger charge is -2.32. The van der Waals surface area contributed by atoms with Crippen molar-refractivity contribution in [3.05, 3.63) is 90.4 Å². The summed E-state index contributed by atoms with van der Waals surface area (Å²) < 4.78 is 48.7. The molecule has 0 radical (unpaired) electrons. The predicted octanol–water partition coefficient (Wildman–Crippen LogP) is 6.08. The molecule has 0 aliphatic rings.